The summed E-state index contributed by atoms with van der Waals surface area (Å²) in [5.41, 5.74) is 0.698. The quantitative estimate of drug-likeness (QED) is 0.658. The number of rotatable bonds is 2. The second-order valence-corrected chi connectivity index (χ2v) is 7.08. The van der Waals surface area contributed by atoms with Gasteiger partial charge in [-0.05, 0) is 17.7 Å². The lowest BCUT2D eigenvalue weighted by molar-refractivity contribution is -0.141. The highest BCUT2D eigenvalue weighted by atomic mass is 16.5. The minimum atomic E-state index is -1.48. The number of carbonyl (C=O) groups excluding carboxylic acids is 3. The summed E-state index contributed by atoms with van der Waals surface area (Å²) in [6.45, 7) is 0.316. The fraction of sp³-hybridized carbons (Fsp3) is 0.273. The van der Waals surface area contributed by atoms with Crippen molar-refractivity contribution >= 4 is 23.7 Å². The van der Waals surface area contributed by atoms with E-state index < -0.39 is 36.3 Å². The summed E-state index contributed by atoms with van der Waals surface area (Å²) in [6.07, 6.45) is -0.537. The molecular formula is C22H23N3O6. The van der Waals surface area contributed by atoms with Gasteiger partial charge in [0.2, 0.25) is 11.8 Å². The van der Waals surface area contributed by atoms with Crippen LogP contribution in [-0.2, 0) is 14.4 Å². The number of fused-ring (bicyclic) bond motifs is 1. The van der Waals surface area contributed by atoms with Crippen LogP contribution in [0.3, 0.4) is 0 Å². The average molecular weight is 425 g/mol. The van der Waals surface area contributed by atoms with Gasteiger partial charge < -0.3 is 25.4 Å². The first-order valence-corrected chi connectivity index (χ1v) is 9.71. The molecule has 0 saturated carbocycles. The fourth-order valence-electron chi connectivity index (χ4n) is 3.18. The average Bonchev–Trinajstić information content (AvgIpc) is 2.76. The number of benzene rings is 2. The van der Waals surface area contributed by atoms with Crippen molar-refractivity contribution in [3.63, 3.8) is 0 Å². The number of aliphatic carboxylic acids is 1. The van der Waals surface area contributed by atoms with Crippen LogP contribution in [0.5, 0.6) is 5.75 Å². The third kappa shape index (κ3) is 5.39. The molecule has 31 heavy (non-hydrogen) atoms. The zero-order valence-electron chi connectivity index (χ0n) is 16.9. The molecule has 0 unspecified atom stereocenters. The van der Waals surface area contributed by atoms with Gasteiger partial charge in [-0.3, -0.25) is 14.4 Å². The maximum absolute atomic E-state index is 13.0. The molecule has 1 aliphatic rings. The molecule has 2 atom stereocenters. The van der Waals surface area contributed by atoms with Crippen LogP contribution in [0.2, 0.25) is 0 Å². The number of nitrogens with zero attached hydrogens (tertiary/aromatic N) is 1. The van der Waals surface area contributed by atoms with Crippen molar-refractivity contribution in [3.8, 4) is 5.75 Å². The second kappa shape index (κ2) is 9.75. The van der Waals surface area contributed by atoms with Crippen LogP contribution in [0.25, 0.3) is 0 Å². The van der Waals surface area contributed by atoms with E-state index in [9.17, 15) is 24.3 Å². The van der Waals surface area contributed by atoms with E-state index in [1.165, 1.54) is 11.0 Å². The lowest BCUT2D eigenvalue weighted by Gasteiger charge is -2.26. The second-order valence-electron chi connectivity index (χ2n) is 7.08. The van der Waals surface area contributed by atoms with Crippen molar-refractivity contribution in [3.05, 3.63) is 65.7 Å². The minimum Gasteiger partial charge on any atom is -0.491 e. The van der Waals surface area contributed by atoms with Crippen LogP contribution in [0.1, 0.15) is 28.4 Å². The first-order chi connectivity index (χ1) is 14.9. The van der Waals surface area contributed by atoms with Crippen LogP contribution >= 0.6 is 0 Å². The van der Waals surface area contributed by atoms with Crippen molar-refractivity contribution in [1.29, 1.82) is 0 Å². The van der Waals surface area contributed by atoms with Crippen LogP contribution in [-0.4, -0.2) is 59.9 Å². The van der Waals surface area contributed by atoms with E-state index in [0.29, 0.717) is 5.56 Å². The van der Waals surface area contributed by atoms with Gasteiger partial charge in [0.15, 0.2) is 0 Å². The van der Waals surface area contributed by atoms with Crippen molar-refractivity contribution in [2.45, 2.75) is 18.5 Å². The molecule has 3 amide bonds. The van der Waals surface area contributed by atoms with E-state index in [0.717, 1.165) is 0 Å². The number of carboxylic acids is 1. The monoisotopic (exact) mass is 425 g/mol. The Bertz CT molecular complexity index is 978. The SMILES string of the molecule is CN1CCOc2ccccc2C(=O)N[C@H](C(=O)O)CC(=O)N[C@@H](c2ccccc2)C1=O. The van der Waals surface area contributed by atoms with Gasteiger partial charge in [-0.2, -0.15) is 0 Å². The molecule has 0 aliphatic carbocycles. The number of para-hydroxylation sites is 1. The topological polar surface area (TPSA) is 125 Å². The molecule has 3 N–H and O–H groups in total. The molecule has 9 heteroatoms. The van der Waals surface area contributed by atoms with E-state index in [1.54, 1.807) is 55.6 Å². The lowest BCUT2D eigenvalue weighted by atomic mass is 10.0. The number of hydrogen-bond donors (Lipinski definition) is 3. The molecule has 0 bridgehead atoms. The molecule has 0 aromatic heterocycles. The van der Waals surface area contributed by atoms with Crippen LogP contribution in [0, 0.1) is 0 Å². The Hall–Kier alpha value is -3.88. The summed E-state index contributed by atoms with van der Waals surface area (Å²) >= 11 is 0. The van der Waals surface area contributed by atoms with Crippen LogP contribution in [0.4, 0.5) is 0 Å². The summed E-state index contributed by atoms with van der Waals surface area (Å²) in [5, 5.41) is 14.5. The molecule has 0 fully saturated rings. The minimum absolute atomic E-state index is 0.102. The summed E-state index contributed by atoms with van der Waals surface area (Å²) in [4.78, 5) is 51.4. The molecule has 3 rings (SSSR count). The third-order valence-corrected chi connectivity index (χ3v) is 4.87. The highest BCUT2D eigenvalue weighted by Gasteiger charge is 2.30. The molecule has 2 aromatic rings. The Kier molecular flexibility index (Phi) is 6.86. The van der Waals surface area contributed by atoms with E-state index in [1.807, 2.05) is 0 Å². The first-order valence-electron chi connectivity index (χ1n) is 9.71. The van der Waals surface area contributed by atoms with Crippen molar-refractivity contribution in [2.24, 2.45) is 0 Å². The molecule has 0 spiro atoms. The summed E-state index contributed by atoms with van der Waals surface area (Å²) in [6, 6.07) is 12.5. The number of carboxylic acid groups (broad SMARTS) is 1. The molecule has 0 radical (unpaired) electrons. The van der Waals surface area contributed by atoms with E-state index >= 15 is 0 Å². The Balaban J connectivity index is 1.94. The zero-order valence-corrected chi connectivity index (χ0v) is 16.9. The van der Waals surface area contributed by atoms with E-state index in [2.05, 4.69) is 10.6 Å². The molecular weight excluding hydrogens is 402 g/mol. The van der Waals surface area contributed by atoms with Gasteiger partial charge in [0.05, 0.1) is 18.5 Å². The summed E-state index contributed by atoms with van der Waals surface area (Å²) in [7, 11) is 1.58. The molecule has 1 heterocycles. The molecule has 162 valence electrons. The van der Waals surface area contributed by atoms with Crippen molar-refractivity contribution in [1.82, 2.24) is 15.5 Å². The Morgan fingerprint density at radius 2 is 1.71 bits per heavy atom. The number of ether oxygens (including phenoxy) is 1. The Labute approximate surface area is 179 Å². The van der Waals surface area contributed by atoms with Crippen molar-refractivity contribution in [2.75, 3.05) is 20.2 Å². The summed E-state index contributed by atoms with van der Waals surface area (Å²) in [5.74, 6) is -2.83. The van der Waals surface area contributed by atoms with E-state index in [4.69, 9.17) is 4.74 Å². The predicted molar refractivity (Wildman–Crippen MR) is 110 cm³/mol. The first kappa shape index (κ1) is 21.8. The molecule has 0 saturated heterocycles. The van der Waals surface area contributed by atoms with Gasteiger partial charge in [0.25, 0.3) is 5.91 Å². The highest BCUT2D eigenvalue weighted by Crippen LogP contribution is 2.20. The van der Waals surface area contributed by atoms with Gasteiger partial charge in [-0.25, -0.2) is 4.79 Å². The predicted octanol–water partition coefficient (Wildman–Crippen LogP) is 0.968. The van der Waals surface area contributed by atoms with Gasteiger partial charge in [-0.1, -0.05) is 42.5 Å². The van der Waals surface area contributed by atoms with E-state index in [-0.39, 0.29) is 30.4 Å². The lowest BCUT2D eigenvalue weighted by Crippen LogP contribution is -2.47. The van der Waals surface area contributed by atoms with Gasteiger partial charge >= 0.3 is 5.97 Å². The maximum Gasteiger partial charge on any atom is 0.326 e. The summed E-state index contributed by atoms with van der Waals surface area (Å²) < 4.78 is 5.69. The highest BCUT2D eigenvalue weighted by molar-refractivity contribution is 6.00. The Morgan fingerprint density at radius 3 is 2.42 bits per heavy atom. The van der Waals surface area contributed by atoms with Gasteiger partial charge in [0.1, 0.15) is 24.4 Å². The smallest absolute Gasteiger partial charge is 0.326 e. The Morgan fingerprint density at radius 1 is 1.03 bits per heavy atom. The normalized spacial score (nSPS) is 20.5. The molecule has 9 nitrogen and oxygen atoms in total. The van der Waals surface area contributed by atoms with Gasteiger partial charge in [0, 0.05) is 7.05 Å². The third-order valence-electron chi connectivity index (χ3n) is 4.87. The standard InChI is InChI=1S/C22H23N3O6/c1-25-11-12-31-17-10-6-5-9-15(17)20(27)23-16(22(29)30)13-18(26)24-19(21(25)28)14-7-3-2-4-8-14/h2-10,16,19H,11-13H2,1H3,(H,23,27)(H,24,26)(H,29,30)/t16-,19-/m0/s1. The molecule has 2 aromatic carbocycles. The molecule has 1 aliphatic heterocycles. The zero-order chi connectivity index (χ0) is 22.4. The van der Waals surface area contributed by atoms with Crippen LogP contribution < -0.4 is 15.4 Å². The largest absolute Gasteiger partial charge is 0.491 e. The van der Waals surface area contributed by atoms with Crippen LogP contribution in [0.15, 0.2) is 54.6 Å². The number of carbonyl (C=O) groups is 4. The fourth-order valence-corrected chi connectivity index (χ4v) is 3.18. The van der Waals surface area contributed by atoms with Crippen molar-refractivity contribution < 1.29 is 29.0 Å². The number of hydrogen-bond acceptors (Lipinski definition) is 5. The number of likely N-dealkylation sites (N-methyl/N-ethyl adjacent to an activating group) is 1. The maximum atomic E-state index is 13.0. The number of amides is 3. The van der Waals surface area contributed by atoms with Gasteiger partial charge in [-0.15, -0.1) is 0 Å². The number of nitrogens with one attached hydrogen (secondary N) is 2.